The van der Waals surface area contributed by atoms with E-state index in [1.807, 2.05) is 42.3 Å². The molecule has 146 valence electrons. The van der Waals surface area contributed by atoms with Gasteiger partial charge in [-0.05, 0) is 30.5 Å². The van der Waals surface area contributed by atoms with Crippen molar-refractivity contribution in [2.45, 2.75) is 39.9 Å². The Balaban J connectivity index is 1.52. The van der Waals surface area contributed by atoms with Crippen LogP contribution in [0.1, 0.15) is 31.7 Å². The van der Waals surface area contributed by atoms with Crippen LogP contribution in [-0.4, -0.2) is 47.3 Å². The fourth-order valence-corrected chi connectivity index (χ4v) is 3.58. The molecule has 6 heteroatoms. The molecule has 0 bridgehead atoms. The van der Waals surface area contributed by atoms with Gasteiger partial charge in [-0.2, -0.15) is 5.10 Å². The van der Waals surface area contributed by atoms with Crippen molar-refractivity contribution >= 4 is 11.6 Å². The molecule has 0 aliphatic carbocycles. The van der Waals surface area contributed by atoms with Gasteiger partial charge in [-0.3, -0.25) is 14.4 Å². The average molecular weight is 370 g/mol. The second-order valence-corrected chi connectivity index (χ2v) is 7.80. The summed E-state index contributed by atoms with van der Waals surface area (Å²) in [7, 11) is 1.93. The first-order valence-corrected chi connectivity index (χ1v) is 9.82. The molecule has 1 aliphatic rings. The molecule has 0 spiro atoms. The summed E-state index contributed by atoms with van der Waals surface area (Å²) in [6.07, 6.45) is 1.12. The molecule has 0 atom stereocenters. The summed E-state index contributed by atoms with van der Waals surface area (Å²) in [5.41, 5.74) is 3.22. The van der Waals surface area contributed by atoms with E-state index in [4.69, 9.17) is 5.10 Å². The van der Waals surface area contributed by atoms with Gasteiger partial charge in [0.2, 0.25) is 5.91 Å². The van der Waals surface area contributed by atoms with Crippen LogP contribution in [0.15, 0.2) is 36.4 Å². The smallest absolute Gasteiger partial charge is 0.239 e. The van der Waals surface area contributed by atoms with Crippen LogP contribution in [0.3, 0.4) is 0 Å². The minimum Gasteiger partial charge on any atom is -0.365 e. The molecule has 1 aromatic heterocycles. The SMILES string of the molecule is CC(C)CN1CCCn2nc(CNC(=O)CN(C)c3ccccc3)cc2C1. The van der Waals surface area contributed by atoms with Crippen LogP contribution in [0.2, 0.25) is 0 Å². The number of benzene rings is 1. The third-order valence-corrected chi connectivity index (χ3v) is 4.81. The predicted octanol–water partition coefficient (Wildman–Crippen LogP) is 2.50. The molecule has 0 radical (unpaired) electrons. The van der Waals surface area contributed by atoms with Crippen molar-refractivity contribution in [1.29, 1.82) is 0 Å². The Morgan fingerprint density at radius 3 is 2.78 bits per heavy atom. The van der Waals surface area contributed by atoms with Gasteiger partial charge < -0.3 is 10.2 Å². The zero-order chi connectivity index (χ0) is 19.2. The quantitative estimate of drug-likeness (QED) is 0.815. The number of likely N-dealkylation sites (N-methyl/N-ethyl adjacent to an activating group) is 1. The minimum atomic E-state index is 0.00554. The summed E-state index contributed by atoms with van der Waals surface area (Å²) >= 11 is 0. The highest BCUT2D eigenvalue weighted by Gasteiger charge is 2.17. The number of aryl methyl sites for hydroxylation is 1. The highest BCUT2D eigenvalue weighted by Crippen LogP contribution is 2.15. The number of fused-ring (bicyclic) bond motifs is 1. The Hall–Kier alpha value is -2.34. The number of carbonyl (C=O) groups excluding carboxylic acids is 1. The number of hydrogen-bond acceptors (Lipinski definition) is 4. The summed E-state index contributed by atoms with van der Waals surface area (Å²) < 4.78 is 2.11. The first kappa shape index (κ1) is 19.4. The van der Waals surface area contributed by atoms with E-state index in [0.717, 1.165) is 44.0 Å². The highest BCUT2D eigenvalue weighted by atomic mass is 16.2. The third-order valence-electron chi connectivity index (χ3n) is 4.81. The molecule has 1 aromatic carbocycles. The van der Waals surface area contributed by atoms with Gasteiger partial charge in [-0.1, -0.05) is 32.0 Å². The van der Waals surface area contributed by atoms with Crippen LogP contribution in [0.25, 0.3) is 0 Å². The summed E-state index contributed by atoms with van der Waals surface area (Å²) in [6, 6.07) is 12.1. The van der Waals surface area contributed by atoms with Crippen LogP contribution in [-0.2, 0) is 24.4 Å². The lowest BCUT2D eigenvalue weighted by Crippen LogP contribution is -2.34. The van der Waals surface area contributed by atoms with Gasteiger partial charge in [0.05, 0.1) is 24.5 Å². The van der Waals surface area contributed by atoms with Gasteiger partial charge >= 0.3 is 0 Å². The fourth-order valence-electron chi connectivity index (χ4n) is 3.58. The van der Waals surface area contributed by atoms with Crippen molar-refractivity contribution in [3.8, 4) is 0 Å². The lowest BCUT2D eigenvalue weighted by atomic mass is 10.2. The van der Waals surface area contributed by atoms with Crippen LogP contribution >= 0.6 is 0 Å². The topological polar surface area (TPSA) is 53.4 Å². The van der Waals surface area contributed by atoms with E-state index in [9.17, 15) is 4.79 Å². The number of rotatable bonds is 7. The van der Waals surface area contributed by atoms with Crippen LogP contribution < -0.4 is 10.2 Å². The standard InChI is InChI=1S/C21H31N5O/c1-17(2)14-25-10-7-11-26-20(15-25)12-18(23-26)13-22-21(27)16-24(3)19-8-5-4-6-9-19/h4-6,8-9,12,17H,7,10-11,13-16H2,1-3H3,(H,22,27). The third kappa shape index (κ3) is 5.57. The fraction of sp³-hybridized carbons (Fsp3) is 0.524. The molecule has 0 saturated carbocycles. The Labute approximate surface area is 162 Å². The molecule has 0 fully saturated rings. The number of aromatic nitrogens is 2. The molecular weight excluding hydrogens is 338 g/mol. The van der Waals surface area contributed by atoms with Gasteiger partial charge in [-0.25, -0.2) is 0 Å². The van der Waals surface area contributed by atoms with Gasteiger partial charge in [-0.15, -0.1) is 0 Å². The largest absolute Gasteiger partial charge is 0.365 e. The predicted molar refractivity (Wildman–Crippen MR) is 109 cm³/mol. The Morgan fingerprint density at radius 1 is 1.26 bits per heavy atom. The van der Waals surface area contributed by atoms with Gasteiger partial charge in [0.1, 0.15) is 0 Å². The Kier molecular flexibility index (Phi) is 6.50. The summed E-state index contributed by atoms with van der Waals surface area (Å²) in [5, 5.41) is 7.69. The second kappa shape index (κ2) is 9.04. The highest BCUT2D eigenvalue weighted by molar-refractivity contribution is 5.81. The number of para-hydroxylation sites is 1. The molecule has 0 unspecified atom stereocenters. The normalized spacial score (nSPS) is 14.7. The van der Waals surface area contributed by atoms with Gasteiger partial charge in [0.15, 0.2) is 0 Å². The van der Waals surface area contributed by atoms with E-state index in [0.29, 0.717) is 19.0 Å². The second-order valence-electron chi connectivity index (χ2n) is 7.80. The molecule has 1 aliphatic heterocycles. The molecule has 1 amide bonds. The maximum absolute atomic E-state index is 12.3. The zero-order valence-electron chi connectivity index (χ0n) is 16.7. The minimum absolute atomic E-state index is 0.00554. The van der Waals surface area contributed by atoms with E-state index < -0.39 is 0 Å². The lowest BCUT2D eigenvalue weighted by molar-refractivity contribution is -0.119. The van der Waals surface area contributed by atoms with Crippen molar-refractivity contribution in [2.75, 3.05) is 31.6 Å². The van der Waals surface area contributed by atoms with Crippen molar-refractivity contribution < 1.29 is 4.79 Å². The summed E-state index contributed by atoms with van der Waals surface area (Å²) in [4.78, 5) is 16.7. The van der Waals surface area contributed by atoms with Crippen LogP contribution in [0.5, 0.6) is 0 Å². The Bertz CT molecular complexity index is 740. The molecule has 2 heterocycles. The summed E-state index contributed by atoms with van der Waals surface area (Å²) in [5.74, 6) is 0.672. The van der Waals surface area contributed by atoms with E-state index >= 15 is 0 Å². The number of hydrogen-bond donors (Lipinski definition) is 1. The van der Waals surface area contributed by atoms with E-state index in [1.54, 1.807) is 0 Å². The first-order chi connectivity index (χ1) is 13.0. The van der Waals surface area contributed by atoms with Crippen molar-refractivity contribution in [1.82, 2.24) is 20.0 Å². The lowest BCUT2D eigenvalue weighted by Gasteiger charge is -2.21. The first-order valence-electron chi connectivity index (χ1n) is 9.82. The van der Waals surface area contributed by atoms with Crippen molar-refractivity contribution in [2.24, 2.45) is 5.92 Å². The van der Waals surface area contributed by atoms with Crippen molar-refractivity contribution in [3.05, 3.63) is 47.8 Å². The Morgan fingerprint density at radius 2 is 2.04 bits per heavy atom. The van der Waals surface area contributed by atoms with E-state index in [-0.39, 0.29) is 5.91 Å². The average Bonchev–Trinajstić information content (AvgIpc) is 2.92. The molecule has 6 nitrogen and oxygen atoms in total. The van der Waals surface area contributed by atoms with Gasteiger partial charge in [0, 0.05) is 38.9 Å². The van der Waals surface area contributed by atoms with Gasteiger partial charge in [0.25, 0.3) is 0 Å². The number of nitrogens with one attached hydrogen (secondary N) is 1. The van der Waals surface area contributed by atoms with Crippen LogP contribution in [0, 0.1) is 5.92 Å². The molecule has 3 rings (SSSR count). The monoisotopic (exact) mass is 369 g/mol. The number of nitrogens with zero attached hydrogens (tertiary/aromatic N) is 4. The van der Waals surface area contributed by atoms with E-state index in [1.165, 1.54) is 5.69 Å². The number of carbonyl (C=O) groups is 1. The molecular formula is C21H31N5O. The van der Waals surface area contributed by atoms with E-state index in [2.05, 4.69) is 34.8 Å². The maximum atomic E-state index is 12.3. The summed E-state index contributed by atoms with van der Waals surface area (Å²) in [6.45, 7) is 9.46. The molecule has 1 N–H and O–H groups in total. The number of anilines is 1. The van der Waals surface area contributed by atoms with Crippen LogP contribution in [0.4, 0.5) is 5.69 Å². The zero-order valence-corrected chi connectivity index (χ0v) is 16.7. The maximum Gasteiger partial charge on any atom is 0.239 e. The molecule has 27 heavy (non-hydrogen) atoms. The van der Waals surface area contributed by atoms with Crippen molar-refractivity contribution in [3.63, 3.8) is 0 Å². The molecule has 0 saturated heterocycles. The molecule has 2 aromatic rings. The number of amides is 1.